The van der Waals surface area contributed by atoms with Crippen LogP contribution >= 0.6 is 0 Å². The summed E-state index contributed by atoms with van der Waals surface area (Å²) in [6, 6.07) is 34.0. The molecular formula is C33H35N3O. The van der Waals surface area contributed by atoms with Crippen molar-refractivity contribution in [2.45, 2.75) is 37.1 Å². The van der Waals surface area contributed by atoms with E-state index in [2.05, 4.69) is 83.1 Å². The molecule has 0 radical (unpaired) electrons. The van der Waals surface area contributed by atoms with Crippen LogP contribution in [0.2, 0.25) is 0 Å². The molecule has 2 aliphatic rings. The smallest absolute Gasteiger partial charge is 0.210 e. The number of likely N-dealkylation sites (tertiary alicyclic amines) is 1. The highest BCUT2D eigenvalue weighted by Crippen LogP contribution is 2.38. The Labute approximate surface area is 220 Å². The second-order valence-corrected chi connectivity index (χ2v) is 9.92. The number of hydrogen-bond acceptors (Lipinski definition) is 3. The van der Waals surface area contributed by atoms with Crippen LogP contribution in [-0.2, 0) is 4.79 Å². The molecule has 4 nitrogen and oxygen atoms in total. The number of piperidine rings is 1. The summed E-state index contributed by atoms with van der Waals surface area (Å²) >= 11 is 0. The monoisotopic (exact) mass is 489 g/mol. The third-order valence-electron chi connectivity index (χ3n) is 7.67. The van der Waals surface area contributed by atoms with Gasteiger partial charge in [-0.3, -0.25) is 9.78 Å². The molecule has 4 heteroatoms. The normalized spacial score (nSPS) is 21.1. The van der Waals surface area contributed by atoms with E-state index in [4.69, 9.17) is 0 Å². The van der Waals surface area contributed by atoms with Crippen molar-refractivity contribution >= 4 is 6.41 Å². The van der Waals surface area contributed by atoms with Gasteiger partial charge >= 0.3 is 0 Å². The molecule has 0 saturated carbocycles. The molecule has 4 aromatic rings. The van der Waals surface area contributed by atoms with Crippen LogP contribution in [-0.4, -0.2) is 35.9 Å². The highest BCUT2D eigenvalue weighted by Gasteiger charge is 2.29. The van der Waals surface area contributed by atoms with Crippen molar-refractivity contribution in [2.24, 2.45) is 0 Å². The summed E-state index contributed by atoms with van der Waals surface area (Å²) in [7, 11) is 0. The number of nitrogens with zero attached hydrogens (tertiary/aromatic N) is 2. The quantitative estimate of drug-likeness (QED) is 0.322. The average Bonchev–Trinajstić information content (AvgIpc) is 3.54. The van der Waals surface area contributed by atoms with Gasteiger partial charge in [0.15, 0.2) is 0 Å². The largest absolute Gasteiger partial charge is 0.338 e. The average molecular weight is 490 g/mol. The van der Waals surface area contributed by atoms with E-state index in [1.165, 1.54) is 34.2 Å². The lowest BCUT2D eigenvalue weighted by Gasteiger charge is -2.37. The van der Waals surface area contributed by atoms with Crippen LogP contribution < -0.4 is 5.32 Å². The first kappa shape index (κ1) is 24.9. The molecule has 188 valence electrons. The lowest BCUT2D eigenvalue weighted by molar-refractivity contribution is -0.121. The molecule has 3 heterocycles. The number of nitrogens with one attached hydrogen (secondary N) is 1. The number of rotatable bonds is 5. The third-order valence-corrected chi connectivity index (χ3v) is 7.67. The predicted molar refractivity (Wildman–Crippen MR) is 150 cm³/mol. The fourth-order valence-corrected chi connectivity index (χ4v) is 5.70. The Balaban J connectivity index is 0.000000153. The Morgan fingerprint density at radius 3 is 2.19 bits per heavy atom. The predicted octanol–water partition coefficient (Wildman–Crippen LogP) is 6.59. The molecule has 3 aromatic carbocycles. The second kappa shape index (κ2) is 12.5. The molecule has 2 fully saturated rings. The maximum absolute atomic E-state index is 11.3. The van der Waals surface area contributed by atoms with Gasteiger partial charge < -0.3 is 10.2 Å². The Kier molecular flexibility index (Phi) is 8.39. The van der Waals surface area contributed by atoms with Crippen LogP contribution in [0.15, 0.2) is 109 Å². The highest BCUT2D eigenvalue weighted by molar-refractivity contribution is 5.67. The summed E-state index contributed by atoms with van der Waals surface area (Å²) in [6.45, 7) is 3.06. The second-order valence-electron chi connectivity index (χ2n) is 9.92. The minimum absolute atomic E-state index is 0.202. The lowest BCUT2D eigenvalue weighted by atomic mass is 9.83. The molecule has 3 atom stereocenters. The van der Waals surface area contributed by atoms with Crippen LogP contribution in [0.5, 0.6) is 0 Å². The summed E-state index contributed by atoms with van der Waals surface area (Å²) in [5, 5.41) is 3.43. The van der Waals surface area contributed by atoms with Gasteiger partial charge in [-0.1, -0.05) is 91.0 Å². The van der Waals surface area contributed by atoms with Crippen molar-refractivity contribution in [1.29, 1.82) is 0 Å². The van der Waals surface area contributed by atoms with E-state index in [1.807, 2.05) is 41.6 Å². The maximum Gasteiger partial charge on any atom is 0.210 e. The van der Waals surface area contributed by atoms with Crippen LogP contribution in [0.4, 0.5) is 0 Å². The van der Waals surface area contributed by atoms with E-state index in [9.17, 15) is 4.79 Å². The number of aromatic nitrogens is 1. The molecular weight excluding hydrogens is 454 g/mol. The van der Waals surface area contributed by atoms with Crippen molar-refractivity contribution in [2.75, 3.05) is 19.6 Å². The fourth-order valence-electron chi connectivity index (χ4n) is 5.70. The van der Waals surface area contributed by atoms with Gasteiger partial charge in [-0.2, -0.15) is 0 Å². The topological polar surface area (TPSA) is 45.2 Å². The number of amides is 1. The number of hydrogen-bond donors (Lipinski definition) is 1. The molecule has 37 heavy (non-hydrogen) atoms. The molecule has 1 amide bonds. The Bertz CT molecular complexity index is 1240. The zero-order chi connectivity index (χ0) is 25.3. The van der Waals surface area contributed by atoms with Gasteiger partial charge in [0, 0.05) is 31.0 Å². The zero-order valence-electron chi connectivity index (χ0n) is 21.2. The first-order valence-corrected chi connectivity index (χ1v) is 13.3. The van der Waals surface area contributed by atoms with Crippen molar-refractivity contribution in [3.63, 3.8) is 0 Å². The van der Waals surface area contributed by atoms with Crippen LogP contribution in [0.25, 0.3) is 11.1 Å². The molecule has 0 spiro atoms. The summed E-state index contributed by atoms with van der Waals surface area (Å²) in [5.74, 6) is 1.18. The van der Waals surface area contributed by atoms with Crippen molar-refractivity contribution in [1.82, 2.24) is 15.2 Å². The van der Waals surface area contributed by atoms with Crippen molar-refractivity contribution < 1.29 is 4.79 Å². The molecule has 2 aliphatic heterocycles. The summed E-state index contributed by atoms with van der Waals surface area (Å²) in [4.78, 5) is 17.5. The molecule has 2 saturated heterocycles. The van der Waals surface area contributed by atoms with Gasteiger partial charge in [0.25, 0.3) is 0 Å². The Morgan fingerprint density at radius 2 is 1.51 bits per heavy atom. The number of pyridine rings is 1. The molecule has 1 N–H and O–H groups in total. The van der Waals surface area contributed by atoms with E-state index >= 15 is 0 Å². The fraction of sp³-hybridized carbons (Fsp3) is 0.273. The van der Waals surface area contributed by atoms with Crippen LogP contribution in [0, 0.1) is 0 Å². The van der Waals surface area contributed by atoms with Crippen molar-refractivity contribution in [3.05, 3.63) is 126 Å². The first-order valence-electron chi connectivity index (χ1n) is 13.3. The standard InChI is InChI=1S/C18H19NO.C15H16N2/c20-14-19-12-11-17(15-7-3-1-4-8-15)13-18(19)16-9-5-2-6-10-16;1-2-6-15(13-7-9-17-11-13)14(5-1)12-4-3-8-16-10-12/h1-10,14,17-18H,11-13H2;1-6,8,10,13,17H,7,9,11H2. The minimum atomic E-state index is 0.202. The van der Waals surface area contributed by atoms with Gasteiger partial charge in [0.1, 0.15) is 0 Å². The molecule has 3 unspecified atom stereocenters. The van der Waals surface area contributed by atoms with E-state index in [1.54, 1.807) is 0 Å². The molecule has 0 bridgehead atoms. The van der Waals surface area contributed by atoms with Crippen molar-refractivity contribution in [3.8, 4) is 11.1 Å². The Hall–Kier alpha value is -3.76. The zero-order valence-corrected chi connectivity index (χ0v) is 21.2. The van der Waals surface area contributed by atoms with Gasteiger partial charge in [-0.15, -0.1) is 0 Å². The summed E-state index contributed by atoms with van der Waals surface area (Å²) in [5.41, 5.74) is 6.62. The number of benzene rings is 3. The van der Waals surface area contributed by atoms with Gasteiger partial charge in [0.05, 0.1) is 6.04 Å². The van der Waals surface area contributed by atoms with E-state index < -0.39 is 0 Å². The lowest BCUT2D eigenvalue weighted by Crippen LogP contribution is -2.35. The van der Waals surface area contributed by atoms with Gasteiger partial charge in [-0.05, 0) is 66.0 Å². The summed E-state index contributed by atoms with van der Waals surface area (Å²) in [6.07, 6.45) is 8.06. The van der Waals surface area contributed by atoms with E-state index in [-0.39, 0.29) is 6.04 Å². The maximum atomic E-state index is 11.3. The first-order chi connectivity index (χ1) is 18.3. The van der Waals surface area contributed by atoms with E-state index in [0.29, 0.717) is 11.8 Å². The number of carbonyl (C=O) groups excluding carboxylic acids is 1. The number of carbonyl (C=O) groups is 1. The molecule has 0 aliphatic carbocycles. The van der Waals surface area contributed by atoms with Crippen LogP contribution in [0.3, 0.4) is 0 Å². The van der Waals surface area contributed by atoms with E-state index in [0.717, 1.165) is 38.9 Å². The van der Waals surface area contributed by atoms with Gasteiger partial charge in [0.2, 0.25) is 6.41 Å². The molecule has 1 aromatic heterocycles. The third kappa shape index (κ3) is 6.15. The summed E-state index contributed by atoms with van der Waals surface area (Å²) < 4.78 is 0. The molecule has 6 rings (SSSR count). The highest BCUT2D eigenvalue weighted by atomic mass is 16.1. The Morgan fingerprint density at radius 1 is 0.784 bits per heavy atom. The van der Waals surface area contributed by atoms with Gasteiger partial charge in [-0.25, -0.2) is 0 Å². The SMILES string of the molecule is O=CN1CCC(c2ccccc2)CC1c1ccccc1.c1cncc(-c2ccccc2C2CCNC2)c1. The minimum Gasteiger partial charge on any atom is -0.338 e. The van der Waals surface area contributed by atoms with Crippen LogP contribution in [0.1, 0.15) is 53.8 Å².